The van der Waals surface area contributed by atoms with Crippen molar-refractivity contribution >= 4 is 11.9 Å². The van der Waals surface area contributed by atoms with Crippen LogP contribution in [0.4, 0.5) is 0 Å². The predicted octanol–water partition coefficient (Wildman–Crippen LogP) is 2.46. The molecule has 0 radical (unpaired) electrons. The van der Waals surface area contributed by atoms with Crippen molar-refractivity contribution in [2.75, 3.05) is 0 Å². The molecule has 110 valence electrons. The van der Waals surface area contributed by atoms with Crippen LogP contribution in [0.1, 0.15) is 37.0 Å². The molecule has 1 aromatic carbocycles. The van der Waals surface area contributed by atoms with E-state index in [9.17, 15) is 14.7 Å². The summed E-state index contributed by atoms with van der Waals surface area (Å²) in [5.74, 6) is -0.993. The summed E-state index contributed by atoms with van der Waals surface area (Å²) in [4.78, 5) is 23.1. The number of hydrogen-bond acceptors (Lipinski definition) is 2. The standard InChI is InChI=1S/C16H23NO3/c1-10(2)8-15(18)17-14(16(19)20)9-13-11(3)6-5-7-12(13)4/h5-7,10,14H,8-9H2,1-4H3,(H,17,18)(H,19,20)/t14-/m1/s1. The second-order valence-corrected chi connectivity index (χ2v) is 5.63. The van der Waals surface area contributed by atoms with Crippen molar-refractivity contribution in [2.24, 2.45) is 5.92 Å². The highest BCUT2D eigenvalue weighted by atomic mass is 16.4. The first-order chi connectivity index (χ1) is 9.31. The third-order valence-corrected chi connectivity index (χ3v) is 3.28. The zero-order chi connectivity index (χ0) is 15.3. The van der Waals surface area contributed by atoms with Crippen molar-refractivity contribution in [2.45, 2.75) is 46.6 Å². The molecule has 1 amide bonds. The molecule has 0 spiro atoms. The van der Waals surface area contributed by atoms with Gasteiger partial charge < -0.3 is 10.4 Å². The van der Waals surface area contributed by atoms with Gasteiger partial charge in [-0.15, -0.1) is 0 Å². The summed E-state index contributed by atoms with van der Waals surface area (Å²) in [7, 11) is 0. The van der Waals surface area contributed by atoms with E-state index in [1.807, 2.05) is 45.9 Å². The summed E-state index contributed by atoms with van der Waals surface area (Å²) in [5.41, 5.74) is 3.09. The summed E-state index contributed by atoms with van der Waals surface area (Å²) in [6.07, 6.45) is 0.661. The van der Waals surface area contributed by atoms with Gasteiger partial charge in [0.2, 0.25) is 5.91 Å². The summed E-state index contributed by atoms with van der Waals surface area (Å²) < 4.78 is 0. The normalized spacial score (nSPS) is 12.2. The molecule has 0 aliphatic heterocycles. The lowest BCUT2D eigenvalue weighted by atomic mass is 9.96. The second-order valence-electron chi connectivity index (χ2n) is 5.63. The van der Waals surface area contributed by atoms with Crippen LogP contribution in [0.5, 0.6) is 0 Å². The molecular weight excluding hydrogens is 254 g/mol. The molecule has 1 aromatic rings. The van der Waals surface area contributed by atoms with Gasteiger partial charge in [-0.1, -0.05) is 32.0 Å². The van der Waals surface area contributed by atoms with E-state index in [0.717, 1.165) is 16.7 Å². The summed E-state index contributed by atoms with van der Waals surface area (Å²) in [6.45, 7) is 7.77. The van der Waals surface area contributed by atoms with Crippen LogP contribution in [0.2, 0.25) is 0 Å². The van der Waals surface area contributed by atoms with Crippen molar-refractivity contribution in [3.05, 3.63) is 34.9 Å². The van der Waals surface area contributed by atoms with E-state index in [4.69, 9.17) is 0 Å². The van der Waals surface area contributed by atoms with Crippen molar-refractivity contribution < 1.29 is 14.7 Å². The Labute approximate surface area is 120 Å². The van der Waals surface area contributed by atoms with E-state index < -0.39 is 12.0 Å². The molecule has 0 unspecified atom stereocenters. The Morgan fingerprint density at radius 1 is 1.20 bits per heavy atom. The number of carboxylic acid groups (broad SMARTS) is 1. The number of rotatable bonds is 6. The zero-order valence-electron chi connectivity index (χ0n) is 12.6. The van der Waals surface area contributed by atoms with Crippen LogP contribution in [0.3, 0.4) is 0 Å². The maximum atomic E-state index is 11.8. The molecule has 20 heavy (non-hydrogen) atoms. The fraction of sp³-hybridized carbons (Fsp3) is 0.500. The fourth-order valence-electron chi connectivity index (χ4n) is 2.20. The van der Waals surface area contributed by atoms with Gasteiger partial charge in [0.15, 0.2) is 0 Å². The number of carboxylic acids is 1. The molecule has 4 heteroatoms. The molecule has 2 N–H and O–H groups in total. The first-order valence-electron chi connectivity index (χ1n) is 6.88. The lowest BCUT2D eigenvalue weighted by Gasteiger charge is -2.18. The third-order valence-electron chi connectivity index (χ3n) is 3.28. The molecule has 0 bridgehead atoms. The zero-order valence-corrected chi connectivity index (χ0v) is 12.6. The topological polar surface area (TPSA) is 66.4 Å². The third kappa shape index (κ3) is 4.68. The summed E-state index contributed by atoms with van der Waals surface area (Å²) in [6, 6.07) is 4.98. The Balaban J connectivity index is 2.83. The number of carbonyl (C=O) groups excluding carboxylic acids is 1. The molecule has 0 heterocycles. The lowest BCUT2D eigenvalue weighted by Crippen LogP contribution is -2.42. The number of carbonyl (C=O) groups is 2. The Morgan fingerprint density at radius 3 is 2.20 bits per heavy atom. The largest absolute Gasteiger partial charge is 0.480 e. The Morgan fingerprint density at radius 2 is 1.75 bits per heavy atom. The molecule has 0 aliphatic carbocycles. The van der Waals surface area contributed by atoms with Crippen LogP contribution in [0, 0.1) is 19.8 Å². The van der Waals surface area contributed by atoms with Gasteiger partial charge in [-0.05, 0) is 36.5 Å². The number of nitrogens with one attached hydrogen (secondary N) is 1. The SMILES string of the molecule is Cc1cccc(C)c1C[C@@H](NC(=O)CC(C)C)C(=O)O. The molecule has 0 aromatic heterocycles. The van der Waals surface area contributed by atoms with E-state index in [-0.39, 0.29) is 11.8 Å². The van der Waals surface area contributed by atoms with Crippen molar-refractivity contribution in [3.63, 3.8) is 0 Å². The summed E-state index contributed by atoms with van der Waals surface area (Å²) in [5, 5.41) is 11.9. The van der Waals surface area contributed by atoms with Crippen LogP contribution < -0.4 is 5.32 Å². The number of benzene rings is 1. The smallest absolute Gasteiger partial charge is 0.326 e. The molecule has 1 atom stereocenters. The molecule has 0 aliphatic rings. The van der Waals surface area contributed by atoms with E-state index >= 15 is 0 Å². The van der Waals surface area contributed by atoms with E-state index in [1.165, 1.54) is 0 Å². The van der Waals surface area contributed by atoms with Crippen molar-refractivity contribution in [1.29, 1.82) is 0 Å². The van der Waals surface area contributed by atoms with Gasteiger partial charge in [-0.25, -0.2) is 4.79 Å². The van der Waals surface area contributed by atoms with Gasteiger partial charge >= 0.3 is 5.97 Å². The van der Waals surface area contributed by atoms with Crippen LogP contribution in [0.15, 0.2) is 18.2 Å². The Hall–Kier alpha value is -1.84. The highest BCUT2D eigenvalue weighted by Crippen LogP contribution is 2.15. The van der Waals surface area contributed by atoms with Gasteiger partial charge in [-0.2, -0.15) is 0 Å². The molecule has 0 saturated carbocycles. The quantitative estimate of drug-likeness (QED) is 0.839. The molecule has 4 nitrogen and oxygen atoms in total. The molecular formula is C16H23NO3. The first-order valence-corrected chi connectivity index (χ1v) is 6.88. The predicted molar refractivity (Wildman–Crippen MR) is 78.6 cm³/mol. The van der Waals surface area contributed by atoms with E-state index in [0.29, 0.717) is 12.8 Å². The van der Waals surface area contributed by atoms with Crippen molar-refractivity contribution in [3.8, 4) is 0 Å². The number of aliphatic carboxylic acids is 1. The first kappa shape index (κ1) is 16.2. The van der Waals surface area contributed by atoms with Gasteiger partial charge in [0.25, 0.3) is 0 Å². The van der Waals surface area contributed by atoms with Crippen LogP contribution in [-0.4, -0.2) is 23.0 Å². The average Bonchev–Trinajstić information content (AvgIpc) is 2.31. The van der Waals surface area contributed by atoms with E-state index in [2.05, 4.69) is 5.32 Å². The number of amides is 1. The Kier molecular flexibility index (Phi) is 5.74. The molecule has 1 rings (SSSR count). The van der Waals surface area contributed by atoms with Crippen molar-refractivity contribution in [1.82, 2.24) is 5.32 Å². The monoisotopic (exact) mass is 277 g/mol. The Bertz CT molecular complexity index is 474. The maximum Gasteiger partial charge on any atom is 0.326 e. The minimum Gasteiger partial charge on any atom is -0.480 e. The van der Waals surface area contributed by atoms with Gasteiger partial charge in [0.1, 0.15) is 6.04 Å². The molecule has 0 fully saturated rings. The highest BCUT2D eigenvalue weighted by Gasteiger charge is 2.22. The van der Waals surface area contributed by atoms with Gasteiger partial charge in [0, 0.05) is 12.8 Å². The minimum atomic E-state index is -0.996. The fourth-order valence-corrected chi connectivity index (χ4v) is 2.20. The lowest BCUT2D eigenvalue weighted by molar-refractivity contribution is -0.141. The van der Waals surface area contributed by atoms with Crippen LogP contribution >= 0.6 is 0 Å². The highest BCUT2D eigenvalue weighted by molar-refractivity contribution is 5.83. The number of aryl methyl sites for hydroxylation is 2. The van der Waals surface area contributed by atoms with E-state index in [1.54, 1.807) is 0 Å². The minimum absolute atomic E-state index is 0.210. The maximum absolute atomic E-state index is 11.8. The van der Waals surface area contributed by atoms with Crippen LogP contribution in [0.25, 0.3) is 0 Å². The van der Waals surface area contributed by atoms with Gasteiger partial charge in [-0.3, -0.25) is 4.79 Å². The second kappa shape index (κ2) is 7.08. The van der Waals surface area contributed by atoms with Crippen LogP contribution in [-0.2, 0) is 16.0 Å². The average molecular weight is 277 g/mol. The van der Waals surface area contributed by atoms with Gasteiger partial charge in [0.05, 0.1) is 0 Å². The summed E-state index contributed by atoms with van der Waals surface area (Å²) >= 11 is 0. The number of hydrogen-bond donors (Lipinski definition) is 2. The molecule has 0 saturated heterocycles.